The Bertz CT molecular complexity index is 947. The molecule has 0 aliphatic carbocycles. The van der Waals surface area contributed by atoms with Crippen molar-refractivity contribution in [1.29, 1.82) is 0 Å². The van der Waals surface area contributed by atoms with Crippen LogP contribution < -0.4 is 20.9 Å². The number of carbonyl (C=O) groups is 1. The van der Waals surface area contributed by atoms with Crippen LogP contribution in [-0.2, 0) is 4.79 Å². The highest BCUT2D eigenvalue weighted by molar-refractivity contribution is 6.30. The highest BCUT2D eigenvalue weighted by Gasteiger charge is 2.37. The number of amides is 1. The maximum atomic E-state index is 12.5. The van der Waals surface area contributed by atoms with E-state index in [0.29, 0.717) is 29.2 Å². The van der Waals surface area contributed by atoms with Crippen molar-refractivity contribution in [3.8, 4) is 5.75 Å². The smallest absolute Gasteiger partial charge is 0.258 e. The van der Waals surface area contributed by atoms with Crippen molar-refractivity contribution in [2.45, 2.75) is 25.3 Å². The molecule has 156 valence electrons. The summed E-state index contributed by atoms with van der Waals surface area (Å²) in [5, 5.41) is 7.04. The van der Waals surface area contributed by atoms with E-state index < -0.39 is 0 Å². The zero-order valence-electron chi connectivity index (χ0n) is 16.2. The second kappa shape index (κ2) is 9.20. The number of nitrogens with zero attached hydrogens (tertiary/aromatic N) is 1. The van der Waals surface area contributed by atoms with E-state index in [1.54, 1.807) is 24.3 Å². The van der Waals surface area contributed by atoms with Gasteiger partial charge in [-0.3, -0.25) is 9.59 Å². The summed E-state index contributed by atoms with van der Waals surface area (Å²) in [5.41, 5.74) is 1.94. The number of rotatable bonds is 5. The number of nitrogens with one attached hydrogen (secondary N) is 2. The van der Waals surface area contributed by atoms with Gasteiger partial charge < -0.3 is 19.9 Å². The molecule has 6 nitrogen and oxygen atoms in total. The second-order valence-electron chi connectivity index (χ2n) is 7.58. The van der Waals surface area contributed by atoms with E-state index in [0.717, 1.165) is 30.8 Å². The first kappa shape index (κ1) is 21.7. The molecule has 0 spiro atoms. The van der Waals surface area contributed by atoms with Crippen LogP contribution in [0.2, 0.25) is 5.02 Å². The quantitative estimate of drug-likeness (QED) is 0.753. The van der Waals surface area contributed by atoms with Gasteiger partial charge in [0, 0.05) is 42.3 Å². The Morgan fingerprint density at radius 1 is 1.31 bits per heavy atom. The fourth-order valence-corrected chi connectivity index (χ4v) is 4.58. The largest absolute Gasteiger partial charge is 0.484 e. The van der Waals surface area contributed by atoms with Crippen LogP contribution in [-0.4, -0.2) is 36.7 Å². The van der Waals surface area contributed by atoms with E-state index in [4.69, 9.17) is 16.3 Å². The lowest BCUT2D eigenvalue weighted by molar-refractivity contribution is -0.123. The van der Waals surface area contributed by atoms with Gasteiger partial charge in [-0.1, -0.05) is 17.7 Å². The van der Waals surface area contributed by atoms with Crippen molar-refractivity contribution < 1.29 is 9.53 Å². The Morgan fingerprint density at radius 2 is 2.14 bits per heavy atom. The Labute approximate surface area is 181 Å². The topological polar surface area (TPSA) is 72.4 Å². The van der Waals surface area contributed by atoms with Crippen molar-refractivity contribution in [2.24, 2.45) is 5.92 Å². The third kappa shape index (κ3) is 4.60. The molecule has 2 aliphatic heterocycles. The van der Waals surface area contributed by atoms with E-state index in [-0.39, 0.29) is 36.5 Å². The van der Waals surface area contributed by atoms with Crippen molar-refractivity contribution >= 4 is 29.9 Å². The zero-order valence-corrected chi connectivity index (χ0v) is 17.8. The molecule has 4 rings (SSSR count). The predicted octanol–water partition coefficient (Wildman–Crippen LogP) is 2.67. The third-order valence-electron chi connectivity index (χ3n) is 5.70. The molecule has 2 bridgehead atoms. The maximum Gasteiger partial charge on any atom is 0.258 e. The standard InChI is InChI=1S/C21H24ClN3O3.ClH/c1-13-7-16(22)5-6-19(13)28-12-20(26)24-11-18-15-8-14(9-23-10-15)17-3-2-4-21(27)25(17)18;/h2-7,14-15,18,23H,8-12H2,1H3,(H,24,26);1H/t14-,15+,18+;/m1./s1. The number of fused-ring (bicyclic) bond motifs is 4. The molecule has 8 heteroatoms. The summed E-state index contributed by atoms with van der Waals surface area (Å²) in [6, 6.07) is 10.7. The average Bonchev–Trinajstić information content (AvgIpc) is 2.68. The summed E-state index contributed by atoms with van der Waals surface area (Å²) < 4.78 is 7.50. The fourth-order valence-electron chi connectivity index (χ4n) is 4.35. The Balaban J connectivity index is 0.00000240. The predicted molar refractivity (Wildman–Crippen MR) is 115 cm³/mol. The van der Waals surface area contributed by atoms with E-state index in [9.17, 15) is 9.59 Å². The van der Waals surface area contributed by atoms with Gasteiger partial charge in [0.15, 0.2) is 6.61 Å². The van der Waals surface area contributed by atoms with Crippen LogP contribution in [0.3, 0.4) is 0 Å². The molecule has 1 aromatic carbocycles. The lowest BCUT2D eigenvalue weighted by Crippen LogP contribution is -2.50. The van der Waals surface area contributed by atoms with Crippen molar-refractivity contribution in [2.75, 3.05) is 26.2 Å². The van der Waals surface area contributed by atoms with Crippen LogP contribution >= 0.6 is 24.0 Å². The van der Waals surface area contributed by atoms with E-state index >= 15 is 0 Å². The molecule has 1 fully saturated rings. The van der Waals surface area contributed by atoms with E-state index in [2.05, 4.69) is 10.6 Å². The third-order valence-corrected chi connectivity index (χ3v) is 5.94. The van der Waals surface area contributed by atoms with Gasteiger partial charge in [0.25, 0.3) is 11.5 Å². The number of hydrogen-bond acceptors (Lipinski definition) is 4. The number of ether oxygens (including phenoxy) is 1. The van der Waals surface area contributed by atoms with Crippen molar-refractivity contribution in [1.82, 2.24) is 15.2 Å². The first-order chi connectivity index (χ1) is 13.5. The van der Waals surface area contributed by atoms with Gasteiger partial charge in [0.2, 0.25) is 0 Å². The maximum absolute atomic E-state index is 12.5. The lowest BCUT2D eigenvalue weighted by Gasteiger charge is -2.43. The van der Waals surface area contributed by atoms with Crippen LogP contribution in [0, 0.1) is 12.8 Å². The summed E-state index contributed by atoms with van der Waals surface area (Å²) in [4.78, 5) is 24.9. The minimum absolute atomic E-state index is 0. The molecule has 2 N–H and O–H groups in total. The van der Waals surface area contributed by atoms with Gasteiger partial charge in [0.05, 0.1) is 6.04 Å². The molecule has 2 aromatic rings. The first-order valence-corrected chi connectivity index (χ1v) is 9.98. The monoisotopic (exact) mass is 437 g/mol. The van der Waals surface area contributed by atoms with Gasteiger partial charge in [-0.2, -0.15) is 0 Å². The van der Waals surface area contributed by atoms with Gasteiger partial charge in [0.1, 0.15) is 5.75 Å². The number of halogens is 2. The van der Waals surface area contributed by atoms with E-state index in [1.165, 1.54) is 0 Å². The highest BCUT2D eigenvalue weighted by Crippen LogP contribution is 2.38. The number of piperidine rings is 1. The summed E-state index contributed by atoms with van der Waals surface area (Å²) in [6.45, 7) is 3.98. The summed E-state index contributed by atoms with van der Waals surface area (Å²) in [6.07, 6.45) is 1.04. The molecule has 3 atom stereocenters. The molecule has 2 aliphatic rings. The van der Waals surface area contributed by atoms with Crippen LogP contribution in [0.5, 0.6) is 5.75 Å². The summed E-state index contributed by atoms with van der Waals surface area (Å²) in [5.74, 6) is 1.12. The highest BCUT2D eigenvalue weighted by atomic mass is 35.5. The molecule has 1 saturated heterocycles. The zero-order chi connectivity index (χ0) is 19.7. The van der Waals surface area contributed by atoms with E-state index in [1.807, 2.05) is 23.6 Å². The number of benzene rings is 1. The SMILES string of the molecule is Cc1cc(Cl)ccc1OCC(=O)NC[C@H]1[C@@H]2CNC[C@@H](C2)c2cccc(=O)n21.Cl. The first-order valence-electron chi connectivity index (χ1n) is 9.60. The Morgan fingerprint density at radius 3 is 2.93 bits per heavy atom. The molecular formula is C21H25Cl2N3O3. The molecule has 1 amide bonds. The number of aryl methyl sites for hydroxylation is 1. The Kier molecular flexibility index (Phi) is 6.88. The summed E-state index contributed by atoms with van der Waals surface area (Å²) >= 11 is 5.94. The average molecular weight is 438 g/mol. The normalized spacial score (nSPS) is 22.2. The van der Waals surface area contributed by atoms with Crippen molar-refractivity contribution in [3.63, 3.8) is 0 Å². The molecular weight excluding hydrogens is 413 g/mol. The second-order valence-corrected chi connectivity index (χ2v) is 8.02. The minimum atomic E-state index is -0.203. The minimum Gasteiger partial charge on any atom is -0.484 e. The number of aromatic nitrogens is 1. The molecule has 29 heavy (non-hydrogen) atoms. The number of hydrogen-bond donors (Lipinski definition) is 2. The Hall–Kier alpha value is -2.02. The molecule has 0 radical (unpaired) electrons. The molecule has 1 aromatic heterocycles. The van der Waals surface area contributed by atoms with Gasteiger partial charge in [-0.05, 0) is 49.1 Å². The molecule has 0 saturated carbocycles. The van der Waals surface area contributed by atoms with Crippen molar-refractivity contribution in [3.05, 3.63) is 63.0 Å². The van der Waals surface area contributed by atoms with Gasteiger partial charge in [-0.25, -0.2) is 0 Å². The van der Waals surface area contributed by atoms with Crippen LogP contribution in [0.15, 0.2) is 41.2 Å². The lowest BCUT2D eigenvalue weighted by atomic mass is 9.79. The number of pyridine rings is 1. The fraction of sp³-hybridized carbons (Fsp3) is 0.429. The van der Waals surface area contributed by atoms with Crippen LogP contribution in [0.4, 0.5) is 0 Å². The molecule has 3 heterocycles. The van der Waals surface area contributed by atoms with Gasteiger partial charge >= 0.3 is 0 Å². The van der Waals surface area contributed by atoms with Crippen LogP contribution in [0.25, 0.3) is 0 Å². The summed E-state index contributed by atoms with van der Waals surface area (Å²) in [7, 11) is 0. The number of carbonyl (C=O) groups excluding carboxylic acids is 1. The van der Waals surface area contributed by atoms with Crippen LogP contribution in [0.1, 0.15) is 29.6 Å². The molecule has 0 unspecified atom stereocenters. The van der Waals surface area contributed by atoms with Gasteiger partial charge in [-0.15, -0.1) is 12.4 Å².